The largest absolute Gasteiger partial charge is 0.363 e. The van der Waals surface area contributed by atoms with E-state index in [4.69, 9.17) is 0 Å². The average Bonchev–Trinajstić information content (AvgIpc) is 2.69. The van der Waals surface area contributed by atoms with Crippen molar-refractivity contribution in [1.29, 1.82) is 0 Å². The molecular weight excluding hydrogens is 214 g/mol. The summed E-state index contributed by atoms with van der Waals surface area (Å²) in [5.41, 5.74) is 1.25. The smallest absolute Gasteiger partial charge is 0.129 e. The highest BCUT2D eigenvalue weighted by Gasteiger charge is 2.12. The molecule has 1 fully saturated rings. The van der Waals surface area contributed by atoms with E-state index < -0.39 is 0 Å². The van der Waals surface area contributed by atoms with Crippen molar-refractivity contribution in [3.8, 4) is 0 Å². The second kappa shape index (κ2) is 5.51. The van der Waals surface area contributed by atoms with Crippen LogP contribution in [0, 0.1) is 6.92 Å². The molecule has 1 aromatic rings. The van der Waals surface area contributed by atoms with Gasteiger partial charge in [0.05, 0.1) is 12.7 Å². The number of hydrogen-bond acceptors (Lipinski definition) is 4. The van der Waals surface area contributed by atoms with Crippen LogP contribution in [0.4, 0.5) is 5.82 Å². The Morgan fingerprint density at radius 2 is 2.00 bits per heavy atom. The Balaban J connectivity index is 1.94. The first kappa shape index (κ1) is 12.4. The topological polar surface area (TPSA) is 36.3 Å². The molecule has 0 atom stereocenters. The van der Waals surface area contributed by atoms with Gasteiger partial charge in [-0.25, -0.2) is 4.68 Å². The molecule has 0 bridgehead atoms. The van der Waals surface area contributed by atoms with Crippen LogP contribution in [0.2, 0.25) is 0 Å². The highest BCUT2D eigenvalue weighted by molar-refractivity contribution is 5.44. The molecule has 1 aromatic heterocycles. The van der Waals surface area contributed by atoms with Crippen LogP contribution in [0.1, 0.15) is 5.56 Å². The fourth-order valence-electron chi connectivity index (χ4n) is 2.39. The molecule has 0 amide bonds. The van der Waals surface area contributed by atoms with Gasteiger partial charge in [-0.3, -0.25) is 4.90 Å². The van der Waals surface area contributed by atoms with Gasteiger partial charge in [0.15, 0.2) is 0 Å². The highest BCUT2D eigenvalue weighted by atomic mass is 15.4. The number of aromatic nitrogens is 2. The maximum atomic E-state index is 4.45. The van der Waals surface area contributed by atoms with Gasteiger partial charge >= 0.3 is 0 Å². The van der Waals surface area contributed by atoms with Crippen molar-refractivity contribution >= 4 is 5.82 Å². The number of anilines is 1. The van der Waals surface area contributed by atoms with Crippen molar-refractivity contribution in [2.24, 2.45) is 0 Å². The lowest BCUT2D eigenvalue weighted by Crippen LogP contribution is -2.44. The molecule has 0 aliphatic carbocycles. The zero-order valence-electron chi connectivity index (χ0n) is 11.1. The highest BCUT2D eigenvalue weighted by Crippen LogP contribution is 2.16. The fraction of sp³-hybridized carbons (Fsp3) is 0.750. The van der Waals surface area contributed by atoms with E-state index in [1.807, 2.05) is 6.20 Å². The molecular formula is C12H23N5. The van der Waals surface area contributed by atoms with Crippen LogP contribution in [0.5, 0.6) is 0 Å². The molecule has 0 radical (unpaired) electrons. The third-order valence-electron chi connectivity index (χ3n) is 3.25. The first-order chi connectivity index (χ1) is 8.18. The van der Waals surface area contributed by atoms with Gasteiger partial charge in [0.1, 0.15) is 5.82 Å². The van der Waals surface area contributed by atoms with E-state index in [-0.39, 0.29) is 0 Å². The first-order valence-corrected chi connectivity index (χ1v) is 6.31. The monoisotopic (exact) mass is 237 g/mol. The summed E-state index contributed by atoms with van der Waals surface area (Å²) in [5, 5.41) is 7.83. The second-order valence-corrected chi connectivity index (χ2v) is 4.86. The maximum Gasteiger partial charge on any atom is 0.129 e. The van der Waals surface area contributed by atoms with E-state index in [1.165, 1.54) is 11.4 Å². The zero-order valence-corrected chi connectivity index (χ0v) is 11.1. The summed E-state index contributed by atoms with van der Waals surface area (Å²) in [7, 11) is 4.15. The molecule has 5 heteroatoms. The molecule has 0 unspecified atom stereocenters. The van der Waals surface area contributed by atoms with E-state index in [9.17, 15) is 0 Å². The van der Waals surface area contributed by atoms with Gasteiger partial charge < -0.3 is 10.2 Å². The van der Waals surface area contributed by atoms with Crippen LogP contribution in [0.15, 0.2) is 6.20 Å². The van der Waals surface area contributed by atoms with Gasteiger partial charge in [-0.1, -0.05) is 0 Å². The van der Waals surface area contributed by atoms with Crippen molar-refractivity contribution in [1.82, 2.24) is 20.0 Å². The lowest BCUT2D eigenvalue weighted by atomic mass is 10.3. The van der Waals surface area contributed by atoms with Crippen molar-refractivity contribution in [3.05, 3.63) is 11.8 Å². The summed E-state index contributed by atoms with van der Waals surface area (Å²) in [5.74, 6) is 1.22. The summed E-state index contributed by atoms with van der Waals surface area (Å²) >= 11 is 0. The summed E-state index contributed by atoms with van der Waals surface area (Å²) < 4.78 is 2.11. The summed E-state index contributed by atoms with van der Waals surface area (Å²) in [6, 6.07) is 0. The van der Waals surface area contributed by atoms with E-state index >= 15 is 0 Å². The predicted molar refractivity (Wildman–Crippen MR) is 70.6 cm³/mol. The van der Waals surface area contributed by atoms with Crippen LogP contribution in [-0.4, -0.2) is 61.5 Å². The van der Waals surface area contributed by atoms with Gasteiger partial charge in [0.2, 0.25) is 0 Å². The Kier molecular flexibility index (Phi) is 4.02. The SMILES string of the molecule is Cc1cnn(CCN2CCNCC2)c1N(C)C. The van der Waals surface area contributed by atoms with E-state index in [0.717, 1.165) is 39.3 Å². The molecule has 96 valence electrons. The normalized spacial score (nSPS) is 17.4. The molecule has 0 spiro atoms. The van der Waals surface area contributed by atoms with E-state index in [1.54, 1.807) is 0 Å². The minimum Gasteiger partial charge on any atom is -0.363 e. The predicted octanol–water partition coefficient (Wildman–Crippen LogP) is 0.163. The molecule has 1 aliphatic heterocycles. The number of aryl methyl sites for hydroxylation is 1. The molecule has 1 saturated heterocycles. The Hall–Kier alpha value is -1.07. The van der Waals surface area contributed by atoms with Crippen LogP contribution in [-0.2, 0) is 6.54 Å². The molecule has 0 aromatic carbocycles. The summed E-state index contributed by atoms with van der Waals surface area (Å²) in [6.07, 6.45) is 1.95. The standard InChI is InChI=1S/C12H23N5/c1-11-10-14-17(12(11)15(2)3)9-8-16-6-4-13-5-7-16/h10,13H,4-9H2,1-3H3. The van der Waals surface area contributed by atoms with Gasteiger partial charge in [-0.2, -0.15) is 5.10 Å². The van der Waals surface area contributed by atoms with Crippen LogP contribution < -0.4 is 10.2 Å². The minimum atomic E-state index is 0.974. The third kappa shape index (κ3) is 2.98. The van der Waals surface area contributed by atoms with Gasteiger partial charge in [0, 0.05) is 52.4 Å². The van der Waals surface area contributed by atoms with Crippen LogP contribution in [0.25, 0.3) is 0 Å². The number of rotatable bonds is 4. The molecule has 17 heavy (non-hydrogen) atoms. The lowest BCUT2D eigenvalue weighted by molar-refractivity contribution is 0.229. The molecule has 5 nitrogen and oxygen atoms in total. The Morgan fingerprint density at radius 3 is 2.65 bits per heavy atom. The summed E-state index contributed by atoms with van der Waals surface area (Å²) in [4.78, 5) is 4.63. The van der Waals surface area contributed by atoms with Crippen molar-refractivity contribution in [3.63, 3.8) is 0 Å². The third-order valence-corrected chi connectivity index (χ3v) is 3.25. The molecule has 1 N–H and O–H groups in total. The Bertz CT molecular complexity index is 352. The second-order valence-electron chi connectivity index (χ2n) is 4.86. The van der Waals surface area contributed by atoms with Crippen molar-refractivity contribution < 1.29 is 0 Å². The summed E-state index contributed by atoms with van der Waals surface area (Å²) in [6.45, 7) is 8.70. The number of nitrogens with zero attached hydrogens (tertiary/aromatic N) is 4. The first-order valence-electron chi connectivity index (χ1n) is 6.31. The Labute approximate surface area is 103 Å². The number of nitrogens with one attached hydrogen (secondary N) is 1. The zero-order chi connectivity index (χ0) is 12.3. The van der Waals surface area contributed by atoms with Crippen molar-refractivity contribution in [2.75, 3.05) is 51.7 Å². The van der Waals surface area contributed by atoms with E-state index in [2.05, 4.69) is 45.9 Å². The molecule has 2 heterocycles. The fourth-order valence-corrected chi connectivity index (χ4v) is 2.39. The maximum absolute atomic E-state index is 4.45. The van der Waals surface area contributed by atoms with Crippen LogP contribution >= 0.6 is 0 Å². The molecule has 0 saturated carbocycles. The average molecular weight is 237 g/mol. The van der Waals surface area contributed by atoms with Crippen LogP contribution in [0.3, 0.4) is 0 Å². The number of piperazine rings is 1. The minimum absolute atomic E-state index is 0.974. The lowest BCUT2D eigenvalue weighted by Gasteiger charge is -2.27. The van der Waals surface area contributed by atoms with Crippen molar-refractivity contribution in [2.45, 2.75) is 13.5 Å². The molecule has 2 rings (SSSR count). The number of hydrogen-bond donors (Lipinski definition) is 1. The van der Waals surface area contributed by atoms with Gasteiger partial charge in [-0.05, 0) is 6.92 Å². The van der Waals surface area contributed by atoms with E-state index in [0.29, 0.717) is 0 Å². The quantitative estimate of drug-likeness (QED) is 0.809. The Morgan fingerprint density at radius 1 is 1.29 bits per heavy atom. The van der Waals surface area contributed by atoms with Gasteiger partial charge in [0.25, 0.3) is 0 Å². The van der Waals surface area contributed by atoms with Gasteiger partial charge in [-0.15, -0.1) is 0 Å². The molecule has 1 aliphatic rings.